The summed E-state index contributed by atoms with van der Waals surface area (Å²) in [7, 11) is 1.47. The molecule has 0 aromatic carbocycles. The summed E-state index contributed by atoms with van der Waals surface area (Å²) in [5.41, 5.74) is -0.202. The van der Waals surface area contributed by atoms with E-state index in [4.69, 9.17) is 14.2 Å². The third-order valence-electron chi connectivity index (χ3n) is 3.40. The Morgan fingerprint density at radius 2 is 1.92 bits per heavy atom. The first kappa shape index (κ1) is 16.1. The van der Waals surface area contributed by atoms with E-state index in [9.17, 15) is 4.79 Å². The van der Waals surface area contributed by atoms with Crippen LogP contribution in [0.15, 0.2) is 16.9 Å². The van der Waals surface area contributed by atoms with Crippen molar-refractivity contribution in [2.75, 3.05) is 38.3 Å². The summed E-state index contributed by atoms with van der Waals surface area (Å²) in [5.74, 6) is 0.668. The van der Waals surface area contributed by atoms with Gasteiger partial charge in [-0.15, -0.1) is 10.1 Å². The van der Waals surface area contributed by atoms with Crippen LogP contribution < -0.4 is 19.9 Å². The van der Waals surface area contributed by atoms with E-state index in [-0.39, 0.29) is 23.5 Å². The normalized spacial score (nSPS) is 14.5. The van der Waals surface area contributed by atoms with Gasteiger partial charge in [0.25, 0.3) is 5.56 Å². The van der Waals surface area contributed by atoms with Crippen molar-refractivity contribution in [2.45, 2.75) is 13.5 Å². The molecule has 1 saturated heterocycles. The fourth-order valence-corrected chi connectivity index (χ4v) is 2.17. The number of aromatic nitrogens is 5. The van der Waals surface area contributed by atoms with Crippen molar-refractivity contribution in [3.8, 4) is 17.9 Å². The minimum absolute atomic E-state index is 0.0529. The first-order valence-corrected chi connectivity index (χ1v) is 7.58. The van der Waals surface area contributed by atoms with E-state index in [2.05, 4.69) is 20.1 Å². The number of anilines is 1. The highest BCUT2D eigenvalue weighted by Gasteiger charge is 2.18. The van der Waals surface area contributed by atoms with Crippen molar-refractivity contribution in [3.05, 3.63) is 22.5 Å². The van der Waals surface area contributed by atoms with Crippen LogP contribution in [0.3, 0.4) is 0 Å². The molecule has 0 saturated carbocycles. The second-order valence-electron chi connectivity index (χ2n) is 4.93. The fraction of sp³-hybridized carbons (Fsp3) is 0.500. The molecule has 1 aliphatic rings. The summed E-state index contributed by atoms with van der Waals surface area (Å²) in [6, 6.07) is 3.05. The smallest absolute Gasteiger partial charge is 0.331 e. The molecule has 0 amide bonds. The number of hydrogen-bond donors (Lipinski definition) is 0. The van der Waals surface area contributed by atoms with Gasteiger partial charge < -0.3 is 19.1 Å². The quantitative estimate of drug-likeness (QED) is 0.752. The molecule has 0 unspecified atom stereocenters. The lowest BCUT2D eigenvalue weighted by Crippen LogP contribution is -2.37. The highest BCUT2D eigenvalue weighted by molar-refractivity contribution is 5.33. The SMILES string of the molecule is CCn1nc(Oc2nc(OC)nc(N3CCOCC3)n2)ccc1=O. The van der Waals surface area contributed by atoms with E-state index in [1.54, 1.807) is 0 Å². The highest BCUT2D eigenvalue weighted by Crippen LogP contribution is 2.20. The molecule has 0 radical (unpaired) electrons. The predicted octanol–water partition coefficient (Wildman–Crippen LogP) is 0.0857. The average Bonchev–Trinajstić information content (AvgIpc) is 2.63. The topological polar surface area (TPSA) is 104 Å². The van der Waals surface area contributed by atoms with Gasteiger partial charge in [-0.3, -0.25) is 4.79 Å². The zero-order valence-corrected chi connectivity index (χ0v) is 13.5. The first-order valence-electron chi connectivity index (χ1n) is 7.58. The molecule has 3 rings (SSSR count). The zero-order valence-electron chi connectivity index (χ0n) is 13.5. The van der Waals surface area contributed by atoms with Gasteiger partial charge in [-0.1, -0.05) is 0 Å². The van der Waals surface area contributed by atoms with Crippen molar-refractivity contribution < 1.29 is 14.2 Å². The maximum absolute atomic E-state index is 11.6. The van der Waals surface area contributed by atoms with Crippen molar-refractivity contribution in [3.63, 3.8) is 0 Å². The molecule has 128 valence electrons. The van der Waals surface area contributed by atoms with Crippen molar-refractivity contribution in [1.29, 1.82) is 0 Å². The molecule has 10 nitrogen and oxygen atoms in total. The van der Waals surface area contributed by atoms with E-state index in [0.717, 1.165) is 0 Å². The largest absolute Gasteiger partial charge is 0.467 e. The van der Waals surface area contributed by atoms with E-state index < -0.39 is 0 Å². The van der Waals surface area contributed by atoms with Crippen molar-refractivity contribution >= 4 is 5.95 Å². The monoisotopic (exact) mass is 334 g/mol. The Balaban J connectivity index is 1.88. The Kier molecular flexibility index (Phi) is 4.85. The maximum atomic E-state index is 11.6. The molecule has 1 fully saturated rings. The highest BCUT2D eigenvalue weighted by atomic mass is 16.5. The summed E-state index contributed by atoms with van der Waals surface area (Å²) in [6.07, 6.45) is 0. The van der Waals surface area contributed by atoms with Crippen LogP contribution in [0.2, 0.25) is 0 Å². The van der Waals surface area contributed by atoms with Crippen LogP contribution in [0.4, 0.5) is 5.95 Å². The molecule has 0 bridgehead atoms. The number of morpholine rings is 1. The van der Waals surface area contributed by atoms with Crippen LogP contribution >= 0.6 is 0 Å². The summed E-state index contributed by atoms with van der Waals surface area (Å²) >= 11 is 0. The second kappa shape index (κ2) is 7.21. The lowest BCUT2D eigenvalue weighted by molar-refractivity contribution is 0.122. The number of rotatable bonds is 5. The summed E-state index contributed by atoms with van der Waals surface area (Å²) in [5, 5.41) is 4.09. The molecule has 2 aromatic rings. The molecule has 3 heterocycles. The van der Waals surface area contributed by atoms with Crippen LogP contribution in [0, 0.1) is 0 Å². The Morgan fingerprint density at radius 1 is 1.17 bits per heavy atom. The average molecular weight is 334 g/mol. The molecule has 2 aromatic heterocycles. The predicted molar refractivity (Wildman–Crippen MR) is 83.7 cm³/mol. The Hall–Kier alpha value is -2.75. The fourth-order valence-electron chi connectivity index (χ4n) is 2.17. The number of ether oxygens (including phenoxy) is 3. The van der Waals surface area contributed by atoms with Gasteiger partial charge >= 0.3 is 12.0 Å². The van der Waals surface area contributed by atoms with Crippen LogP contribution in [0.5, 0.6) is 17.9 Å². The molecule has 1 aliphatic heterocycles. The summed E-state index contributed by atoms with van der Waals surface area (Å²) < 4.78 is 17.3. The molecule has 10 heteroatoms. The Morgan fingerprint density at radius 3 is 2.62 bits per heavy atom. The van der Waals surface area contributed by atoms with Gasteiger partial charge in [0.15, 0.2) is 0 Å². The number of nitrogens with zero attached hydrogens (tertiary/aromatic N) is 6. The Bertz CT molecular complexity index is 759. The van der Waals surface area contributed by atoms with E-state index in [1.165, 1.54) is 23.9 Å². The zero-order chi connectivity index (χ0) is 16.9. The molecular formula is C14H18N6O4. The second-order valence-corrected chi connectivity index (χ2v) is 4.93. The van der Waals surface area contributed by atoms with Crippen molar-refractivity contribution in [2.24, 2.45) is 0 Å². The maximum Gasteiger partial charge on any atom is 0.331 e. The van der Waals surface area contributed by atoms with Gasteiger partial charge in [0.2, 0.25) is 11.8 Å². The molecule has 24 heavy (non-hydrogen) atoms. The molecule has 0 aliphatic carbocycles. The van der Waals surface area contributed by atoms with E-state index in [0.29, 0.717) is 38.8 Å². The first-order chi connectivity index (χ1) is 11.7. The van der Waals surface area contributed by atoms with E-state index in [1.807, 2.05) is 11.8 Å². The van der Waals surface area contributed by atoms with Crippen LogP contribution in [-0.2, 0) is 11.3 Å². The summed E-state index contributed by atoms with van der Waals surface area (Å²) in [4.78, 5) is 26.1. The number of hydrogen-bond acceptors (Lipinski definition) is 9. The third-order valence-corrected chi connectivity index (χ3v) is 3.40. The lowest BCUT2D eigenvalue weighted by atomic mass is 10.4. The minimum Gasteiger partial charge on any atom is -0.467 e. The van der Waals surface area contributed by atoms with Crippen LogP contribution in [-0.4, -0.2) is 58.1 Å². The standard InChI is InChI=1S/C14H18N6O4/c1-3-20-11(21)5-4-10(18-20)24-14-16-12(15-13(17-14)22-2)19-6-8-23-9-7-19/h4-5H,3,6-9H2,1-2H3. The van der Waals surface area contributed by atoms with Gasteiger partial charge in [-0.25, -0.2) is 4.68 Å². The number of aryl methyl sites for hydroxylation is 1. The van der Waals surface area contributed by atoms with Gasteiger partial charge in [0, 0.05) is 31.8 Å². The van der Waals surface area contributed by atoms with E-state index >= 15 is 0 Å². The van der Waals surface area contributed by atoms with Gasteiger partial charge in [-0.05, 0) is 6.92 Å². The van der Waals surface area contributed by atoms with Gasteiger partial charge in [0.05, 0.1) is 20.3 Å². The minimum atomic E-state index is -0.202. The van der Waals surface area contributed by atoms with Gasteiger partial charge in [0.1, 0.15) is 0 Å². The van der Waals surface area contributed by atoms with Crippen molar-refractivity contribution in [1.82, 2.24) is 24.7 Å². The lowest BCUT2D eigenvalue weighted by Gasteiger charge is -2.26. The number of methoxy groups -OCH3 is 1. The van der Waals surface area contributed by atoms with Crippen LogP contribution in [0.25, 0.3) is 0 Å². The summed E-state index contributed by atoms with van der Waals surface area (Å²) in [6.45, 7) is 4.81. The molecule has 0 atom stereocenters. The molecular weight excluding hydrogens is 316 g/mol. The third kappa shape index (κ3) is 3.59. The van der Waals surface area contributed by atoms with Crippen LogP contribution in [0.1, 0.15) is 6.92 Å². The molecule has 0 N–H and O–H groups in total. The van der Waals surface area contributed by atoms with Gasteiger partial charge in [-0.2, -0.15) is 9.97 Å². The molecule has 0 spiro atoms. The Labute approximate surface area is 138 Å².